The Morgan fingerprint density at radius 2 is 2.05 bits per heavy atom. The van der Waals surface area contributed by atoms with Gasteiger partial charge in [0.15, 0.2) is 0 Å². The van der Waals surface area contributed by atoms with E-state index in [-0.39, 0.29) is 5.75 Å². The lowest BCUT2D eigenvalue weighted by Gasteiger charge is -2.20. The van der Waals surface area contributed by atoms with Crippen molar-refractivity contribution in [1.29, 1.82) is 0 Å². The molecule has 0 saturated heterocycles. The number of aromatic nitrogens is 1. The molecule has 3 N–H and O–H groups in total. The third-order valence-corrected chi connectivity index (χ3v) is 3.33. The molecule has 1 heterocycles. The Labute approximate surface area is 113 Å². The molecule has 0 spiro atoms. The molecular formula is C15H19N3O. The number of pyridine rings is 1. The third kappa shape index (κ3) is 2.78. The summed E-state index contributed by atoms with van der Waals surface area (Å²) in [7, 11) is 1.96. The second-order valence-electron chi connectivity index (χ2n) is 4.80. The van der Waals surface area contributed by atoms with Crippen molar-refractivity contribution in [2.24, 2.45) is 0 Å². The third-order valence-electron chi connectivity index (χ3n) is 3.33. The summed E-state index contributed by atoms with van der Waals surface area (Å²) in [6, 6.07) is 7.16. The molecule has 4 nitrogen and oxygen atoms in total. The van der Waals surface area contributed by atoms with Crippen molar-refractivity contribution in [3.05, 3.63) is 47.3 Å². The summed E-state index contributed by atoms with van der Waals surface area (Å²) in [5.74, 6) is 0.262. The molecule has 0 aliphatic carbocycles. The lowest BCUT2D eigenvalue weighted by atomic mass is 10.1. The molecule has 1 aromatic heterocycles. The first-order valence-corrected chi connectivity index (χ1v) is 6.19. The predicted molar refractivity (Wildman–Crippen MR) is 78.3 cm³/mol. The van der Waals surface area contributed by atoms with Gasteiger partial charge >= 0.3 is 0 Å². The highest BCUT2D eigenvalue weighted by Crippen LogP contribution is 2.23. The summed E-state index contributed by atoms with van der Waals surface area (Å²) in [4.78, 5) is 6.47. The van der Waals surface area contributed by atoms with E-state index in [0.29, 0.717) is 6.54 Å². The Kier molecular flexibility index (Phi) is 3.60. The van der Waals surface area contributed by atoms with Gasteiger partial charge in [0.25, 0.3) is 0 Å². The molecule has 0 aliphatic rings. The number of phenolic OH excluding ortho intramolecular Hbond substituents is 1. The van der Waals surface area contributed by atoms with Crippen molar-refractivity contribution >= 4 is 11.4 Å². The number of hydrogen-bond acceptors (Lipinski definition) is 4. The molecule has 0 fully saturated rings. The van der Waals surface area contributed by atoms with Crippen LogP contribution < -0.4 is 10.6 Å². The van der Waals surface area contributed by atoms with Crippen LogP contribution in [0.5, 0.6) is 5.75 Å². The number of anilines is 2. The smallest absolute Gasteiger partial charge is 0.117 e. The Hall–Kier alpha value is -2.23. The van der Waals surface area contributed by atoms with Crippen LogP contribution in [0.1, 0.15) is 16.8 Å². The van der Waals surface area contributed by atoms with Crippen molar-refractivity contribution in [2.45, 2.75) is 20.4 Å². The number of hydrogen-bond donors (Lipinski definition) is 2. The highest BCUT2D eigenvalue weighted by atomic mass is 16.3. The number of aromatic hydroxyl groups is 1. The summed E-state index contributed by atoms with van der Waals surface area (Å²) in [6.45, 7) is 4.60. The summed E-state index contributed by atoms with van der Waals surface area (Å²) < 4.78 is 0. The van der Waals surface area contributed by atoms with Gasteiger partial charge in [-0.1, -0.05) is 6.07 Å². The molecule has 0 bridgehead atoms. The van der Waals surface area contributed by atoms with Crippen LogP contribution in [0.3, 0.4) is 0 Å². The average molecular weight is 257 g/mol. The van der Waals surface area contributed by atoms with Crippen LogP contribution in [0.4, 0.5) is 11.4 Å². The van der Waals surface area contributed by atoms with Gasteiger partial charge in [0.05, 0.1) is 12.2 Å². The zero-order valence-corrected chi connectivity index (χ0v) is 11.5. The number of nitrogen functional groups attached to an aromatic ring is 1. The Bertz CT molecular complexity index is 596. The van der Waals surface area contributed by atoms with E-state index in [9.17, 15) is 5.11 Å². The fraction of sp³-hybridized carbons (Fsp3) is 0.267. The molecule has 2 aromatic rings. The van der Waals surface area contributed by atoms with Crippen LogP contribution >= 0.6 is 0 Å². The number of phenols is 1. The van der Waals surface area contributed by atoms with Gasteiger partial charge in [-0.05, 0) is 37.1 Å². The topological polar surface area (TPSA) is 62.4 Å². The first-order chi connectivity index (χ1) is 8.99. The van der Waals surface area contributed by atoms with Gasteiger partial charge in [-0.15, -0.1) is 0 Å². The van der Waals surface area contributed by atoms with E-state index >= 15 is 0 Å². The molecule has 0 radical (unpaired) electrons. The van der Waals surface area contributed by atoms with Crippen molar-refractivity contribution in [2.75, 3.05) is 17.7 Å². The van der Waals surface area contributed by atoms with Crippen LogP contribution in [0.25, 0.3) is 0 Å². The Morgan fingerprint density at radius 1 is 1.32 bits per heavy atom. The standard InChI is InChI=1S/C15H19N3O/c1-10-8-17-14(11(2)15(10)16)9-18(3)12-5-4-6-13(19)7-12/h4-8,19H,9H2,1-3H3,(H2,16,17). The van der Waals surface area contributed by atoms with Gasteiger partial charge in [0, 0.05) is 30.7 Å². The van der Waals surface area contributed by atoms with Gasteiger partial charge in [0.2, 0.25) is 0 Å². The van der Waals surface area contributed by atoms with Gasteiger partial charge in [-0.25, -0.2) is 0 Å². The maximum absolute atomic E-state index is 9.50. The molecule has 4 heteroatoms. The van der Waals surface area contributed by atoms with E-state index in [1.807, 2.05) is 37.9 Å². The molecule has 1 aromatic carbocycles. The zero-order chi connectivity index (χ0) is 14.0. The fourth-order valence-corrected chi connectivity index (χ4v) is 2.00. The van der Waals surface area contributed by atoms with Crippen LogP contribution in [0.15, 0.2) is 30.5 Å². The van der Waals surface area contributed by atoms with Crippen molar-refractivity contribution in [3.8, 4) is 5.75 Å². The molecule has 0 saturated carbocycles. The first-order valence-electron chi connectivity index (χ1n) is 6.19. The Morgan fingerprint density at radius 3 is 2.74 bits per heavy atom. The monoisotopic (exact) mass is 257 g/mol. The second kappa shape index (κ2) is 5.18. The number of aryl methyl sites for hydroxylation is 1. The van der Waals surface area contributed by atoms with Crippen molar-refractivity contribution in [1.82, 2.24) is 4.98 Å². The number of nitrogens with zero attached hydrogens (tertiary/aromatic N) is 2. The van der Waals surface area contributed by atoms with E-state index < -0.39 is 0 Å². The number of benzene rings is 1. The zero-order valence-electron chi connectivity index (χ0n) is 11.5. The maximum atomic E-state index is 9.50. The minimum atomic E-state index is 0.262. The van der Waals surface area contributed by atoms with Crippen molar-refractivity contribution < 1.29 is 5.11 Å². The van der Waals surface area contributed by atoms with Gasteiger partial charge in [-0.3, -0.25) is 4.98 Å². The minimum Gasteiger partial charge on any atom is -0.508 e. The summed E-state index contributed by atoms with van der Waals surface area (Å²) in [5.41, 5.74) is 10.7. The van der Waals surface area contributed by atoms with Gasteiger partial charge < -0.3 is 15.7 Å². The lowest BCUT2D eigenvalue weighted by Crippen LogP contribution is -2.18. The summed E-state index contributed by atoms with van der Waals surface area (Å²) >= 11 is 0. The van der Waals surface area contributed by atoms with E-state index in [2.05, 4.69) is 4.98 Å². The molecule has 0 unspecified atom stereocenters. The molecule has 19 heavy (non-hydrogen) atoms. The van der Waals surface area contributed by atoms with Crippen LogP contribution in [-0.2, 0) is 6.54 Å². The highest BCUT2D eigenvalue weighted by Gasteiger charge is 2.09. The van der Waals surface area contributed by atoms with Crippen molar-refractivity contribution in [3.63, 3.8) is 0 Å². The summed E-state index contributed by atoms with van der Waals surface area (Å²) in [6.07, 6.45) is 1.80. The summed E-state index contributed by atoms with van der Waals surface area (Å²) in [5, 5.41) is 9.50. The minimum absolute atomic E-state index is 0.262. The molecule has 0 amide bonds. The highest BCUT2D eigenvalue weighted by molar-refractivity contribution is 5.55. The lowest BCUT2D eigenvalue weighted by molar-refractivity contribution is 0.475. The van der Waals surface area contributed by atoms with Gasteiger partial charge in [0.1, 0.15) is 5.75 Å². The average Bonchev–Trinajstić information content (AvgIpc) is 2.39. The van der Waals surface area contributed by atoms with Crippen LogP contribution in [0.2, 0.25) is 0 Å². The van der Waals surface area contributed by atoms with E-state index in [1.165, 1.54) is 0 Å². The largest absolute Gasteiger partial charge is 0.508 e. The number of rotatable bonds is 3. The van der Waals surface area contributed by atoms with Crippen LogP contribution in [-0.4, -0.2) is 17.1 Å². The molecule has 0 aliphatic heterocycles. The first kappa shape index (κ1) is 13.2. The normalized spacial score (nSPS) is 10.5. The Balaban J connectivity index is 2.24. The predicted octanol–water partition coefficient (Wildman–Crippen LogP) is 2.62. The fourth-order valence-electron chi connectivity index (χ4n) is 2.00. The van der Waals surface area contributed by atoms with E-state index in [4.69, 9.17) is 5.73 Å². The quantitative estimate of drug-likeness (QED) is 0.887. The molecular weight excluding hydrogens is 238 g/mol. The second-order valence-corrected chi connectivity index (χ2v) is 4.80. The maximum Gasteiger partial charge on any atom is 0.117 e. The SMILES string of the molecule is Cc1cnc(CN(C)c2cccc(O)c2)c(C)c1N. The van der Waals surface area contributed by atoms with E-state index in [1.54, 1.807) is 18.3 Å². The molecule has 2 rings (SSSR count). The number of nitrogens with two attached hydrogens (primary N) is 1. The van der Waals surface area contributed by atoms with Gasteiger partial charge in [-0.2, -0.15) is 0 Å². The van der Waals surface area contributed by atoms with E-state index in [0.717, 1.165) is 28.2 Å². The molecule has 0 atom stereocenters. The van der Waals surface area contributed by atoms with Crippen LogP contribution in [0, 0.1) is 13.8 Å². The molecule has 100 valence electrons.